The molecular weight excluding hydrogens is 370 g/mol. The summed E-state index contributed by atoms with van der Waals surface area (Å²) in [5, 5.41) is 12.9. The lowest BCUT2D eigenvalue weighted by Gasteiger charge is -2.32. The highest BCUT2D eigenvalue weighted by Crippen LogP contribution is 2.38. The second-order valence-corrected chi connectivity index (χ2v) is 7.61. The molecule has 0 bridgehead atoms. The molecule has 1 unspecified atom stereocenters. The smallest absolute Gasteiger partial charge is 0.255 e. The molecule has 1 fully saturated rings. The van der Waals surface area contributed by atoms with E-state index < -0.39 is 6.29 Å². The number of aliphatic hydroxyl groups excluding tert-OH is 1. The van der Waals surface area contributed by atoms with Gasteiger partial charge in [0.05, 0.1) is 22.9 Å². The normalized spacial score (nSPS) is 18.8. The predicted octanol–water partition coefficient (Wildman–Crippen LogP) is 1.65. The molecule has 1 aromatic rings. The predicted molar refractivity (Wildman–Crippen MR) is 104 cm³/mol. The Kier molecular flexibility index (Phi) is 6.81. The van der Waals surface area contributed by atoms with Crippen LogP contribution in [-0.2, 0) is 11.2 Å². The highest BCUT2D eigenvalue weighted by molar-refractivity contribution is 6.33. The number of carbonyl (C=O) groups excluding carboxylic acids is 1. The van der Waals surface area contributed by atoms with Gasteiger partial charge in [-0.1, -0.05) is 11.6 Å². The van der Waals surface area contributed by atoms with Crippen molar-refractivity contribution in [2.24, 2.45) is 5.92 Å². The monoisotopic (exact) mass is 397 g/mol. The van der Waals surface area contributed by atoms with E-state index in [4.69, 9.17) is 26.8 Å². The van der Waals surface area contributed by atoms with E-state index in [-0.39, 0.29) is 5.91 Å². The molecule has 1 aromatic carbocycles. The first-order chi connectivity index (χ1) is 13.0. The number of nitrogens with zero attached hydrogens (tertiary/aromatic N) is 1. The molecule has 0 aromatic heterocycles. The fourth-order valence-corrected chi connectivity index (χ4v) is 3.92. The summed E-state index contributed by atoms with van der Waals surface area (Å²) in [6.07, 6.45) is 2.62. The molecule has 4 N–H and O–H groups in total. The number of hydrogen-bond donors (Lipinski definition) is 3. The Labute approximate surface area is 164 Å². The highest BCUT2D eigenvalue weighted by atomic mass is 35.5. The minimum Gasteiger partial charge on any atom is -0.492 e. The summed E-state index contributed by atoms with van der Waals surface area (Å²) in [6.45, 7) is 3.90. The third kappa shape index (κ3) is 4.85. The lowest BCUT2D eigenvalue weighted by molar-refractivity contribution is -0.0828. The van der Waals surface area contributed by atoms with Crippen LogP contribution in [0.4, 0.5) is 5.69 Å². The van der Waals surface area contributed by atoms with E-state index in [1.54, 1.807) is 6.07 Å². The van der Waals surface area contributed by atoms with Crippen molar-refractivity contribution >= 4 is 23.2 Å². The maximum atomic E-state index is 12.6. The van der Waals surface area contributed by atoms with Crippen LogP contribution in [0.25, 0.3) is 0 Å². The molecule has 8 heteroatoms. The van der Waals surface area contributed by atoms with Crippen LogP contribution in [0.15, 0.2) is 6.07 Å². The Morgan fingerprint density at radius 3 is 2.96 bits per heavy atom. The number of nitrogens with two attached hydrogens (primary N) is 1. The first kappa shape index (κ1) is 20.2. The molecule has 27 heavy (non-hydrogen) atoms. The van der Waals surface area contributed by atoms with Crippen LogP contribution in [0.3, 0.4) is 0 Å². The summed E-state index contributed by atoms with van der Waals surface area (Å²) >= 11 is 6.18. The molecule has 150 valence electrons. The van der Waals surface area contributed by atoms with Crippen molar-refractivity contribution in [3.05, 3.63) is 22.2 Å². The van der Waals surface area contributed by atoms with Crippen LogP contribution in [0.1, 0.15) is 35.2 Å². The maximum Gasteiger partial charge on any atom is 0.255 e. The number of halogens is 1. The van der Waals surface area contributed by atoms with E-state index in [1.165, 1.54) is 7.11 Å². The standard InChI is InChI=1S/C19H28ClN3O4/c1-26-16(24)4-8-23-6-2-12(3-7-23)11-22-19(25)14-10-15(20)17(21)13-5-9-27-18(13)14/h10,12,16,24H,2-9,11,21H2,1H3,(H,22,25). The van der Waals surface area contributed by atoms with Gasteiger partial charge in [0.15, 0.2) is 6.29 Å². The molecule has 0 radical (unpaired) electrons. The Morgan fingerprint density at radius 1 is 1.52 bits per heavy atom. The van der Waals surface area contributed by atoms with E-state index >= 15 is 0 Å². The first-order valence-electron chi connectivity index (χ1n) is 9.44. The number of piperidine rings is 1. The number of hydrogen-bond acceptors (Lipinski definition) is 6. The number of rotatable bonds is 7. The number of nitrogen functional groups attached to an aromatic ring is 1. The van der Waals surface area contributed by atoms with Gasteiger partial charge in [-0.2, -0.15) is 0 Å². The van der Waals surface area contributed by atoms with Gasteiger partial charge in [-0.3, -0.25) is 4.79 Å². The van der Waals surface area contributed by atoms with E-state index in [0.29, 0.717) is 53.9 Å². The van der Waals surface area contributed by atoms with Gasteiger partial charge in [0, 0.05) is 38.6 Å². The number of likely N-dealkylation sites (tertiary alicyclic amines) is 1. The summed E-state index contributed by atoms with van der Waals surface area (Å²) in [7, 11) is 1.51. The van der Waals surface area contributed by atoms with Gasteiger partial charge in [0.1, 0.15) is 5.75 Å². The van der Waals surface area contributed by atoms with Crippen molar-refractivity contribution in [2.75, 3.05) is 45.6 Å². The molecule has 1 saturated heterocycles. The Bertz CT molecular complexity index is 677. The van der Waals surface area contributed by atoms with Crippen molar-refractivity contribution in [3.8, 4) is 5.75 Å². The van der Waals surface area contributed by atoms with E-state index in [2.05, 4.69) is 10.2 Å². The van der Waals surface area contributed by atoms with Crippen molar-refractivity contribution in [1.29, 1.82) is 0 Å². The number of ether oxygens (including phenoxy) is 2. The maximum absolute atomic E-state index is 12.6. The van der Waals surface area contributed by atoms with Crippen LogP contribution in [0, 0.1) is 5.92 Å². The number of benzene rings is 1. The van der Waals surface area contributed by atoms with Crippen LogP contribution in [0.2, 0.25) is 5.02 Å². The fraction of sp³-hybridized carbons (Fsp3) is 0.632. The molecule has 2 aliphatic heterocycles. The topological polar surface area (TPSA) is 97.1 Å². The lowest BCUT2D eigenvalue weighted by Crippen LogP contribution is -2.39. The zero-order valence-corrected chi connectivity index (χ0v) is 16.4. The van der Waals surface area contributed by atoms with Gasteiger partial charge < -0.3 is 30.5 Å². The van der Waals surface area contributed by atoms with Crippen molar-refractivity contribution in [1.82, 2.24) is 10.2 Å². The Morgan fingerprint density at radius 2 is 2.26 bits per heavy atom. The molecule has 0 saturated carbocycles. The average molecular weight is 398 g/mol. The summed E-state index contributed by atoms with van der Waals surface area (Å²) in [5.74, 6) is 0.845. The number of carbonyl (C=O) groups is 1. The van der Waals surface area contributed by atoms with Gasteiger partial charge in [-0.25, -0.2) is 0 Å². The number of aliphatic hydroxyl groups is 1. The van der Waals surface area contributed by atoms with Crippen molar-refractivity contribution < 1.29 is 19.4 Å². The van der Waals surface area contributed by atoms with Crippen molar-refractivity contribution in [3.63, 3.8) is 0 Å². The molecular formula is C19H28ClN3O4. The number of anilines is 1. The summed E-state index contributed by atoms with van der Waals surface area (Å²) < 4.78 is 10.5. The summed E-state index contributed by atoms with van der Waals surface area (Å²) in [6, 6.07) is 1.60. The van der Waals surface area contributed by atoms with Gasteiger partial charge in [-0.05, 0) is 37.9 Å². The first-order valence-corrected chi connectivity index (χ1v) is 9.82. The fourth-order valence-electron chi connectivity index (χ4n) is 3.69. The zero-order valence-electron chi connectivity index (χ0n) is 15.7. The second-order valence-electron chi connectivity index (χ2n) is 7.20. The summed E-state index contributed by atoms with van der Waals surface area (Å²) in [5.41, 5.74) is 7.79. The van der Waals surface area contributed by atoms with Crippen LogP contribution in [-0.4, -0.2) is 62.1 Å². The number of nitrogens with one attached hydrogen (secondary N) is 1. The molecule has 3 rings (SSSR count). The zero-order chi connectivity index (χ0) is 19.4. The molecule has 0 aliphatic carbocycles. The van der Waals surface area contributed by atoms with Crippen LogP contribution >= 0.6 is 11.6 Å². The molecule has 2 heterocycles. The molecule has 2 aliphatic rings. The number of amides is 1. The van der Waals surface area contributed by atoms with E-state index in [0.717, 1.165) is 38.0 Å². The van der Waals surface area contributed by atoms with E-state index in [1.807, 2.05) is 0 Å². The highest BCUT2D eigenvalue weighted by Gasteiger charge is 2.26. The molecule has 1 atom stereocenters. The SMILES string of the molecule is COC(O)CCN1CCC(CNC(=O)c2cc(Cl)c(N)c3c2OCC3)CC1. The molecule has 1 amide bonds. The lowest BCUT2D eigenvalue weighted by atomic mass is 9.96. The largest absolute Gasteiger partial charge is 0.492 e. The van der Waals surface area contributed by atoms with Gasteiger partial charge in [-0.15, -0.1) is 0 Å². The quantitative estimate of drug-likeness (QED) is 0.478. The van der Waals surface area contributed by atoms with Crippen LogP contribution in [0.5, 0.6) is 5.75 Å². The average Bonchev–Trinajstić information content (AvgIpc) is 3.17. The third-order valence-electron chi connectivity index (χ3n) is 5.44. The van der Waals surface area contributed by atoms with Gasteiger partial charge in [0.2, 0.25) is 0 Å². The number of methoxy groups -OCH3 is 1. The number of fused-ring (bicyclic) bond motifs is 1. The Hall–Kier alpha value is -1.54. The third-order valence-corrected chi connectivity index (χ3v) is 5.75. The minimum atomic E-state index is -0.697. The molecule has 0 spiro atoms. The summed E-state index contributed by atoms with van der Waals surface area (Å²) in [4.78, 5) is 15.0. The Balaban J connectivity index is 1.49. The van der Waals surface area contributed by atoms with Gasteiger partial charge in [0.25, 0.3) is 5.91 Å². The molecule has 7 nitrogen and oxygen atoms in total. The minimum absolute atomic E-state index is 0.166. The second kappa shape index (κ2) is 9.10. The van der Waals surface area contributed by atoms with Crippen molar-refractivity contribution in [2.45, 2.75) is 32.0 Å². The van der Waals surface area contributed by atoms with Gasteiger partial charge >= 0.3 is 0 Å². The van der Waals surface area contributed by atoms with E-state index in [9.17, 15) is 9.90 Å². The van der Waals surface area contributed by atoms with Crippen LogP contribution < -0.4 is 15.8 Å².